The van der Waals surface area contributed by atoms with Crippen molar-refractivity contribution in [1.82, 2.24) is 10.6 Å². The summed E-state index contributed by atoms with van der Waals surface area (Å²) in [5.41, 5.74) is 0. The molecule has 4 nitrogen and oxygen atoms in total. The van der Waals surface area contributed by atoms with Crippen LogP contribution in [0, 0.1) is 11.8 Å². The van der Waals surface area contributed by atoms with Crippen molar-refractivity contribution in [3.05, 3.63) is 24.3 Å². The second kappa shape index (κ2) is 8.69. The fraction of sp³-hybridized carbons (Fsp3) is 0.625. The largest absolute Gasteiger partial charge is 0.346 e. The molecule has 1 amide bonds. The molecule has 4 heteroatoms. The molecular weight excluding hydrogens is 252 g/mol. The van der Waals surface area contributed by atoms with Crippen LogP contribution in [0.2, 0.25) is 0 Å². The molecule has 0 aromatic rings. The topological polar surface area (TPSA) is 58.2 Å². The Morgan fingerprint density at radius 1 is 1.20 bits per heavy atom. The summed E-state index contributed by atoms with van der Waals surface area (Å²) in [5, 5.41) is 5.95. The zero-order chi connectivity index (χ0) is 15.0. The summed E-state index contributed by atoms with van der Waals surface area (Å²) in [6, 6.07) is -0.414. The second-order valence-electron chi connectivity index (χ2n) is 5.42. The summed E-state index contributed by atoms with van der Waals surface area (Å²) >= 11 is 0. The van der Waals surface area contributed by atoms with Gasteiger partial charge < -0.3 is 10.6 Å². The van der Waals surface area contributed by atoms with Gasteiger partial charge in [0, 0.05) is 12.3 Å². The molecule has 0 bridgehead atoms. The SMILES string of the molecule is CNCCCCC(=O)NC(C(C)=O)C1C=CC=CC1C. The van der Waals surface area contributed by atoms with Gasteiger partial charge in [0.25, 0.3) is 0 Å². The number of ketones is 1. The molecule has 112 valence electrons. The lowest BCUT2D eigenvalue weighted by Gasteiger charge is -2.28. The molecule has 0 spiro atoms. The maximum atomic E-state index is 11.9. The van der Waals surface area contributed by atoms with E-state index in [9.17, 15) is 9.59 Å². The van der Waals surface area contributed by atoms with Crippen molar-refractivity contribution in [3.63, 3.8) is 0 Å². The summed E-state index contributed by atoms with van der Waals surface area (Å²) < 4.78 is 0. The fourth-order valence-corrected chi connectivity index (χ4v) is 2.45. The van der Waals surface area contributed by atoms with Crippen LogP contribution in [0.3, 0.4) is 0 Å². The number of carbonyl (C=O) groups is 2. The van der Waals surface area contributed by atoms with Gasteiger partial charge in [0.1, 0.15) is 0 Å². The van der Waals surface area contributed by atoms with E-state index < -0.39 is 6.04 Å². The van der Waals surface area contributed by atoms with Gasteiger partial charge in [-0.1, -0.05) is 31.2 Å². The van der Waals surface area contributed by atoms with Gasteiger partial charge in [-0.15, -0.1) is 0 Å². The van der Waals surface area contributed by atoms with Crippen LogP contribution in [0.1, 0.15) is 33.1 Å². The van der Waals surface area contributed by atoms with Crippen LogP contribution in [0.15, 0.2) is 24.3 Å². The van der Waals surface area contributed by atoms with E-state index in [2.05, 4.69) is 23.6 Å². The van der Waals surface area contributed by atoms with E-state index in [1.807, 2.05) is 25.3 Å². The Hall–Kier alpha value is -1.42. The minimum absolute atomic E-state index is 0.0189. The van der Waals surface area contributed by atoms with Crippen LogP contribution in [0.4, 0.5) is 0 Å². The zero-order valence-corrected chi connectivity index (χ0v) is 12.7. The number of amides is 1. The maximum absolute atomic E-state index is 11.9. The summed E-state index contributed by atoms with van der Waals surface area (Å²) in [4.78, 5) is 23.8. The number of nitrogens with one attached hydrogen (secondary N) is 2. The minimum atomic E-state index is -0.414. The molecule has 0 fully saturated rings. The first kappa shape index (κ1) is 16.6. The third-order valence-electron chi connectivity index (χ3n) is 3.69. The third-order valence-corrected chi connectivity index (χ3v) is 3.69. The lowest BCUT2D eigenvalue weighted by atomic mass is 9.82. The number of carbonyl (C=O) groups excluding carboxylic acids is 2. The van der Waals surface area contributed by atoms with Crippen molar-refractivity contribution in [2.75, 3.05) is 13.6 Å². The molecule has 0 saturated heterocycles. The van der Waals surface area contributed by atoms with Gasteiger partial charge in [-0.05, 0) is 39.3 Å². The van der Waals surface area contributed by atoms with Gasteiger partial charge in [-0.3, -0.25) is 9.59 Å². The first-order valence-corrected chi connectivity index (χ1v) is 7.35. The number of unbranched alkanes of at least 4 members (excludes halogenated alkanes) is 1. The Morgan fingerprint density at radius 2 is 1.90 bits per heavy atom. The Bertz CT molecular complexity index is 388. The van der Waals surface area contributed by atoms with E-state index >= 15 is 0 Å². The molecule has 0 aromatic heterocycles. The fourth-order valence-electron chi connectivity index (χ4n) is 2.45. The molecule has 20 heavy (non-hydrogen) atoms. The van der Waals surface area contributed by atoms with Crippen molar-refractivity contribution >= 4 is 11.7 Å². The highest BCUT2D eigenvalue weighted by molar-refractivity contribution is 5.88. The quantitative estimate of drug-likeness (QED) is 0.666. The minimum Gasteiger partial charge on any atom is -0.346 e. The average Bonchev–Trinajstić information content (AvgIpc) is 2.42. The summed E-state index contributed by atoms with van der Waals surface area (Å²) in [6.45, 7) is 4.53. The Morgan fingerprint density at radius 3 is 2.50 bits per heavy atom. The Kier molecular flexibility index (Phi) is 7.23. The highest BCUT2D eigenvalue weighted by Crippen LogP contribution is 2.23. The van der Waals surface area contributed by atoms with Crippen molar-refractivity contribution < 1.29 is 9.59 Å². The van der Waals surface area contributed by atoms with E-state index in [1.54, 1.807) is 6.92 Å². The molecule has 3 unspecified atom stereocenters. The number of hydrogen-bond acceptors (Lipinski definition) is 3. The van der Waals surface area contributed by atoms with Crippen molar-refractivity contribution in [1.29, 1.82) is 0 Å². The predicted molar refractivity (Wildman–Crippen MR) is 81.3 cm³/mol. The molecule has 1 rings (SSSR count). The lowest BCUT2D eigenvalue weighted by molar-refractivity contribution is -0.128. The molecule has 0 heterocycles. The first-order valence-electron chi connectivity index (χ1n) is 7.35. The number of hydrogen-bond donors (Lipinski definition) is 2. The first-order chi connectivity index (χ1) is 9.56. The van der Waals surface area contributed by atoms with Crippen molar-refractivity contribution in [3.8, 4) is 0 Å². The van der Waals surface area contributed by atoms with Gasteiger partial charge in [0.2, 0.25) is 5.91 Å². The third kappa shape index (κ3) is 5.29. The summed E-state index contributed by atoms with van der Waals surface area (Å²) in [5.74, 6) is 0.305. The zero-order valence-electron chi connectivity index (χ0n) is 12.7. The average molecular weight is 278 g/mol. The molecule has 0 radical (unpaired) electrons. The van der Waals surface area contributed by atoms with E-state index in [-0.39, 0.29) is 23.5 Å². The van der Waals surface area contributed by atoms with Crippen molar-refractivity contribution in [2.45, 2.75) is 39.2 Å². The molecule has 1 aliphatic rings. The standard InChI is InChI=1S/C16H26N2O2/c1-12-8-4-5-9-14(12)16(13(2)19)18-15(20)10-6-7-11-17-3/h4-5,8-9,12,14,16-17H,6-7,10-11H2,1-3H3,(H,18,20). The van der Waals surface area contributed by atoms with Crippen LogP contribution in [-0.4, -0.2) is 31.3 Å². The highest BCUT2D eigenvalue weighted by Gasteiger charge is 2.29. The van der Waals surface area contributed by atoms with Gasteiger partial charge >= 0.3 is 0 Å². The normalized spacial score (nSPS) is 22.6. The van der Waals surface area contributed by atoms with E-state index in [1.165, 1.54) is 0 Å². The second-order valence-corrected chi connectivity index (χ2v) is 5.42. The summed E-state index contributed by atoms with van der Waals surface area (Å²) in [6.07, 6.45) is 10.3. The van der Waals surface area contributed by atoms with Crippen molar-refractivity contribution in [2.24, 2.45) is 11.8 Å². The Labute approximate surface area is 121 Å². The van der Waals surface area contributed by atoms with Gasteiger partial charge in [-0.25, -0.2) is 0 Å². The van der Waals surface area contributed by atoms with Gasteiger partial charge in [-0.2, -0.15) is 0 Å². The van der Waals surface area contributed by atoms with E-state index in [0.717, 1.165) is 19.4 Å². The number of rotatable bonds is 8. The van der Waals surface area contributed by atoms with Crippen LogP contribution < -0.4 is 10.6 Å². The van der Waals surface area contributed by atoms with Gasteiger partial charge in [0.05, 0.1) is 6.04 Å². The Balaban J connectivity index is 2.51. The molecule has 0 aromatic carbocycles. The number of allylic oxidation sites excluding steroid dienone is 3. The monoisotopic (exact) mass is 278 g/mol. The molecule has 3 atom stereocenters. The maximum Gasteiger partial charge on any atom is 0.220 e. The molecule has 1 aliphatic carbocycles. The van der Waals surface area contributed by atoms with Crippen LogP contribution in [0.25, 0.3) is 0 Å². The van der Waals surface area contributed by atoms with Crippen LogP contribution >= 0.6 is 0 Å². The van der Waals surface area contributed by atoms with Crippen LogP contribution in [0.5, 0.6) is 0 Å². The van der Waals surface area contributed by atoms with E-state index in [4.69, 9.17) is 0 Å². The van der Waals surface area contributed by atoms with E-state index in [0.29, 0.717) is 6.42 Å². The highest BCUT2D eigenvalue weighted by atomic mass is 16.2. The molecule has 2 N–H and O–H groups in total. The lowest BCUT2D eigenvalue weighted by Crippen LogP contribution is -2.46. The summed E-state index contributed by atoms with van der Waals surface area (Å²) in [7, 11) is 1.90. The molecule has 0 aliphatic heterocycles. The molecular formula is C16H26N2O2. The smallest absolute Gasteiger partial charge is 0.220 e. The van der Waals surface area contributed by atoms with Gasteiger partial charge in [0.15, 0.2) is 5.78 Å². The number of Topliss-reactive ketones (excluding diaryl/α,β-unsaturated/α-hetero) is 1. The predicted octanol–water partition coefficient (Wildman–Crippen LogP) is 1.83. The van der Waals surface area contributed by atoms with Crippen LogP contribution in [-0.2, 0) is 9.59 Å². The molecule has 0 saturated carbocycles.